The number of hydrazone groups is 1. The summed E-state index contributed by atoms with van der Waals surface area (Å²) in [7, 11) is 0. The molecule has 6 heteroatoms. The van der Waals surface area contributed by atoms with Crippen molar-refractivity contribution in [3.63, 3.8) is 0 Å². The number of amides is 1. The van der Waals surface area contributed by atoms with Gasteiger partial charge >= 0.3 is 0 Å². The second-order valence-electron chi connectivity index (χ2n) is 8.23. The minimum atomic E-state index is -0.326. The second kappa shape index (κ2) is 8.68. The van der Waals surface area contributed by atoms with Crippen LogP contribution >= 0.6 is 11.6 Å². The number of carbonyl (C=O) groups is 1. The molecule has 4 aromatic rings. The summed E-state index contributed by atoms with van der Waals surface area (Å²) in [5.74, 6) is -0.300. The topological polar surface area (TPSA) is 59.3 Å². The molecule has 0 saturated heterocycles. The lowest BCUT2D eigenvalue weighted by Gasteiger charge is -2.18. The molecule has 5 rings (SSSR count). The lowest BCUT2D eigenvalue weighted by molar-refractivity contribution is -0.122. The van der Waals surface area contributed by atoms with Gasteiger partial charge in [0.2, 0.25) is 5.91 Å². The number of aromatic nitrogens is 2. The molecule has 1 aliphatic rings. The van der Waals surface area contributed by atoms with Gasteiger partial charge in [0.15, 0.2) is 0 Å². The van der Waals surface area contributed by atoms with E-state index >= 15 is 0 Å². The van der Waals surface area contributed by atoms with Crippen molar-refractivity contribution < 1.29 is 4.79 Å². The number of rotatable bonds is 6. The summed E-state index contributed by atoms with van der Waals surface area (Å²) in [5.41, 5.74) is 6.96. The average molecular weight is 455 g/mol. The van der Waals surface area contributed by atoms with Crippen LogP contribution in [0.15, 0.2) is 96.1 Å². The second-order valence-corrected chi connectivity index (χ2v) is 8.59. The van der Waals surface area contributed by atoms with E-state index in [-0.39, 0.29) is 17.2 Å². The van der Waals surface area contributed by atoms with Crippen LogP contribution in [0.25, 0.3) is 5.69 Å². The first-order chi connectivity index (χ1) is 16.1. The third-order valence-electron chi connectivity index (χ3n) is 6.27. The maximum absolute atomic E-state index is 13.1. The molecule has 1 N–H and O–H groups in total. The highest BCUT2D eigenvalue weighted by Crippen LogP contribution is 2.58. The summed E-state index contributed by atoms with van der Waals surface area (Å²) >= 11 is 6.56. The number of aryl methyl sites for hydroxylation is 1. The first kappa shape index (κ1) is 21.2. The Labute approximate surface area is 197 Å². The van der Waals surface area contributed by atoms with Gasteiger partial charge in [0.05, 0.1) is 29.1 Å². The van der Waals surface area contributed by atoms with Crippen molar-refractivity contribution in [2.75, 3.05) is 0 Å². The first-order valence-electron chi connectivity index (χ1n) is 10.9. The van der Waals surface area contributed by atoms with E-state index < -0.39 is 0 Å². The van der Waals surface area contributed by atoms with Crippen molar-refractivity contribution in [1.82, 2.24) is 15.2 Å². The van der Waals surface area contributed by atoms with E-state index in [4.69, 9.17) is 11.6 Å². The Morgan fingerprint density at radius 1 is 1.00 bits per heavy atom. The fourth-order valence-corrected chi connectivity index (χ4v) is 4.81. The van der Waals surface area contributed by atoms with Gasteiger partial charge in [-0.3, -0.25) is 4.79 Å². The molecule has 1 aliphatic carbocycles. The summed E-state index contributed by atoms with van der Waals surface area (Å²) in [6.45, 7) is 1.87. The van der Waals surface area contributed by atoms with Gasteiger partial charge in [0.25, 0.3) is 0 Å². The minimum Gasteiger partial charge on any atom is -0.273 e. The van der Waals surface area contributed by atoms with Gasteiger partial charge in [0, 0.05) is 5.41 Å². The van der Waals surface area contributed by atoms with E-state index in [0.29, 0.717) is 10.7 Å². The van der Waals surface area contributed by atoms with E-state index in [9.17, 15) is 4.79 Å². The molecule has 0 radical (unpaired) electrons. The third-order valence-corrected chi connectivity index (χ3v) is 6.64. The zero-order valence-electron chi connectivity index (χ0n) is 18.1. The van der Waals surface area contributed by atoms with E-state index in [2.05, 4.69) is 39.9 Å². The molecule has 164 valence electrons. The fraction of sp³-hybridized carbons (Fsp3) is 0.148. The van der Waals surface area contributed by atoms with Gasteiger partial charge < -0.3 is 0 Å². The van der Waals surface area contributed by atoms with Gasteiger partial charge in [0.1, 0.15) is 5.15 Å². The Hall–Kier alpha value is -3.70. The monoisotopic (exact) mass is 454 g/mol. The largest absolute Gasteiger partial charge is 0.273 e. The number of hydrogen-bond donors (Lipinski definition) is 1. The lowest BCUT2D eigenvalue weighted by atomic mass is 9.85. The Morgan fingerprint density at radius 2 is 1.55 bits per heavy atom. The summed E-state index contributed by atoms with van der Waals surface area (Å²) in [5, 5.41) is 9.18. The van der Waals surface area contributed by atoms with Crippen LogP contribution in [0.3, 0.4) is 0 Å². The van der Waals surface area contributed by atoms with Crippen LogP contribution in [0.5, 0.6) is 0 Å². The summed E-state index contributed by atoms with van der Waals surface area (Å²) < 4.78 is 1.66. The predicted octanol–water partition coefficient (Wildman–Crippen LogP) is 5.29. The van der Waals surface area contributed by atoms with Crippen LogP contribution in [0.2, 0.25) is 5.15 Å². The molecular formula is C27H23ClN4O. The van der Waals surface area contributed by atoms with Crippen molar-refractivity contribution in [2.24, 2.45) is 11.0 Å². The summed E-state index contributed by atoms with van der Waals surface area (Å²) in [4.78, 5) is 13.1. The van der Waals surface area contributed by atoms with Crippen LogP contribution in [-0.2, 0) is 10.2 Å². The zero-order valence-corrected chi connectivity index (χ0v) is 18.9. The standard InChI is InChI=1S/C27H23ClN4O/c1-19-23(25(28)32(31-19)22-15-9-4-10-16-22)18-29-30-26(33)24-17-27(24,20-11-5-2-6-12-20)21-13-7-3-8-14-21/h2-16,18,24H,17H2,1H3,(H,30,33). The van der Waals surface area contributed by atoms with Crippen LogP contribution < -0.4 is 5.43 Å². The molecule has 1 fully saturated rings. The predicted molar refractivity (Wildman–Crippen MR) is 131 cm³/mol. The van der Waals surface area contributed by atoms with E-state index in [1.165, 1.54) is 0 Å². The van der Waals surface area contributed by atoms with Gasteiger partial charge in [-0.05, 0) is 36.6 Å². The van der Waals surface area contributed by atoms with E-state index in [0.717, 1.165) is 28.9 Å². The number of nitrogens with zero attached hydrogens (tertiary/aromatic N) is 3. The molecule has 1 unspecified atom stereocenters. The summed E-state index contributed by atoms with van der Waals surface area (Å²) in [6, 6.07) is 30.1. The van der Waals surface area contributed by atoms with Gasteiger partial charge in [-0.2, -0.15) is 10.2 Å². The van der Waals surface area contributed by atoms with E-state index in [1.54, 1.807) is 10.9 Å². The van der Waals surface area contributed by atoms with E-state index in [1.807, 2.05) is 73.7 Å². The van der Waals surface area contributed by atoms with Crippen molar-refractivity contribution in [3.05, 3.63) is 119 Å². The zero-order chi connectivity index (χ0) is 22.8. The SMILES string of the molecule is Cc1nn(-c2ccccc2)c(Cl)c1C=NNC(=O)C1CC1(c1ccccc1)c1ccccc1. The van der Waals surface area contributed by atoms with Gasteiger partial charge in [-0.25, -0.2) is 10.1 Å². The smallest absolute Gasteiger partial charge is 0.244 e. The van der Waals surface area contributed by atoms with Crippen molar-refractivity contribution in [1.29, 1.82) is 0 Å². The Morgan fingerprint density at radius 3 is 2.12 bits per heavy atom. The highest BCUT2D eigenvalue weighted by atomic mass is 35.5. The van der Waals surface area contributed by atoms with Crippen LogP contribution in [0.4, 0.5) is 0 Å². The fourth-order valence-electron chi connectivity index (χ4n) is 4.49. The maximum atomic E-state index is 13.1. The number of hydrogen-bond acceptors (Lipinski definition) is 3. The highest BCUT2D eigenvalue weighted by Gasteiger charge is 2.60. The van der Waals surface area contributed by atoms with Crippen molar-refractivity contribution in [2.45, 2.75) is 18.8 Å². The van der Waals surface area contributed by atoms with Gasteiger partial charge in [-0.15, -0.1) is 0 Å². The first-order valence-corrected chi connectivity index (χ1v) is 11.2. The van der Waals surface area contributed by atoms with Crippen molar-refractivity contribution >= 4 is 23.7 Å². The highest BCUT2D eigenvalue weighted by molar-refractivity contribution is 6.32. The number of halogens is 1. The number of carbonyl (C=O) groups excluding carboxylic acids is 1. The van der Waals surface area contributed by atoms with Gasteiger partial charge in [-0.1, -0.05) is 90.5 Å². The van der Waals surface area contributed by atoms with Crippen molar-refractivity contribution in [3.8, 4) is 5.69 Å². The minimum absolute atomic E-state index is 0.108. The maximum Gasteiger partial charge on any atom is 0.244 e. The number of nitrogens with one attached hydrogen (secondary N) is 1. The molecule has 0 aliphatic heterocycles. The molecular weight excluding hydrogens is 432 g/mol. The third kappa shape index (κ3) is 3.85. The lowest BCUT2D eigenvalue weighted by Crippen LogP contribution is -2.25. The average Bonchev–Trinajstić information content (AvgIpc) is 3.57. The molecule has 5 nitrogen and oxygen atoms in total. The number of para-hydroxylation sites is 1. The Balaban J connectivity index is 1.35. The van der Waals surface area contributed by atoms with Crippen LogP contribution in [0, 0.1) is 12.8 Å². The Kier molecular flexibility index (Phi) is 5.56. The normalized spacial score (nSPS) is 16.6. The summed E-state index contributed by atoms with van der Waals surface area (Å²) in [6.07, 6.45) is 2.31. The number of benzene rings is 3. The quantitative estimate of drug-likeness (QED) is 0.318. The molecule has 33 heavy (non-hydrogen) atoms. The van der Waals surface area contributed by atoms with Crippen LogP contribution in [0.1, 0.15) is 28.8 Å². The molecule has 0 spiro atoms. The molecule has 1 amide bonds. The molecule has 0 bridgehead atoms. The molecule has 3 aromatic carbocycles. The molecule has 1 saturated carbocycles. The molecule has 1 aromatic heterocycles. The molecule has 1 atom stereocenters. The Bertz CT molecular complexity index is 1260. The van der Waals surface area contributed by atoms with Crippen LogP contribution in [-0.4, -0.2) is 21.9 Å². The molecule has 1 heterocycles.